The molecular weight excluding hydrogens is 318 g/mol. The molecule has 3 heteroatoms. The summed E-state index contributed by atoms with van der Waals surface area (Å²) in [6.07, 6.45) is 6.50. The number of nitrogens with two attached hydrogens (primary N) is 1. The van der Waals surface area contributed by atoms with Crippen LogP contribution in [0, 0.1) is 0 Å². The Hall–Kier alpha value is 0.01000. The molecule has 1 aromatic carbocycles. The number of halogens is 1. The zero-order chi connectivity index (χ0) is 13.3. The number of hydrogen-bond donors (Lipinski definition) is 1. The van der Waals surface area contributed by atoms with E-state index in [9.17, 15) is 0 Å². The Morgan fingerprint density at radius 1 is 1.26 bits per heavy atom. The van der Waals surface area contributed by atoms with Crippen molar-refractivity contribution in [2.75, 3.05) is 18.1 Å². The van der Waals surface area contributed by atoms with Crippen LogP contribution in [0.1, 0.15) is 49.1 Å². The van der Waals surface area contributed by atoms with Gasteiger partial charge in [-0.25, -0.2) is 0 Å². The van der Waals surface area contributed by atoms with Crippen LogP contribution in [0.25, 0.3) is 0 Å². The highest BCUT2D eigenvalue weighted by atomic mass is 79.9. The third-order valence-electron chi connectivity index (χ3n) is 4.98. The molecule has 2 aliphatic rings. The van der Waals surface area contributed by atoms with E-state index < -0.39 is 0 Å². The quantitative estimate of drug-likeness (QED) is 0.880. The molecule has 19 heavy (non-hydrogen) atoms. The van der Waals surface area contributed by atoms with Crippen molar-refractivity contribution in [2.24, 2.45) is 5.73 Å². The molecule has 1 aliphatic carbocycles. The van der Waals surface area contributed by atoms with Gasteiger partial charge in [0.15, 0.2) is 0 Å². The van der Waals surface area contributed by atoms with Crippen molar-refractivity contribution in [3.8, 4) is 0 Å². The highest BCUT2D eigenvalue weighted by Gasteiger charge is 2.37. The van der Waals surface area contributed by atoms with Gasteiger partial charge in [0.1, 0.15) is 0 Å². The molecule has 1 nitrogen and oxygen atoms in total. The van der Waals surface area contributed by atoms with E-state index in [1.165, 1.54) is 59.2 Å². The summed E-state index contributed by atoms with van der Waals surface area (Å²) in [6, 6.07) is 7.05. The standard InChI is InChI=1S/C16H22BrNS/c17-15-10-13(16(11-18)6-1-7-16)2-3-14(15)12-4-8-19-9-5-12/h2-3,10,12H,1,4-9,11,18H2. The van der Waals surface area contributed by atoms with E-state index in [0.29, 0.717) is 0 Å². The summed E-state index contributed by atoms with van der Waals surface area (Å²) in [5, 5.41) is 0. The largest absolute Gasteiger partial charge is 0.330 e. The van der Waals surface area contributed by atoms with Gasteiger partial charge in [0, 0.05) is 16.4 Å². The molecule has 0 radical (unpaired) electrons. The maximum atomic E-state index is 6.01. The summed E-state index contributed by atoms with van der Waals surface area (Å²) in [5.41, 5.74) is 9.25. The second kappa shape index (κ2) is 5.79. The van der Waals surface area contributed by atoms with Gasteiger partial charge < -0.3 is 5.73 Å². The third-order valence-corrected chi connectivity index (χ3v) is 6.71. The predicted octanol–water partition coefficient (Wildman–Crippen LogP) is 4.44. The summed E-state index contributed by atoms with van der Waals surface area (Å²) in [6.45, 7) is 0.791. The second-order valence-electron chi connectivity index (χ2n) is 5.96. The van der Waals surface area contributed by atoms with Crippen molar-refractivity contribution in [1.82, 2.24) is 0 Å². The van der Waals surface area contributed by atoms with Gasteiger partial charge in [0.2, 0.25) is 0 Å². The maximum Gasteiger partial charge on any atom is 0.0213 e. The van der Waals surface area contributed by atoms with Crippen LogP contribution in [0.2, 0.25) is 0 Å². The van der Waals surface area contributed by atoms with Gasteiger partial charge in [-0.3, -0.25) is 0 Å². The molecule has 2 fully saturated rings. The van der Waals surface area contributed by atoms with Crippen LogP contribution in [0.5, 0.6) is 0 Å². The third kappa shape index (κ3) is 2.62. The molecule has 1 saturated heterocycles. The molecule has 2 N–H and O–H groups in total. The molecule has 1 heterocycles. The van der Waals surface area contributed by atoms with Crippen molar-refractivity contribution >= 4 is 27.7 Å². The zero-order valence-corrected chi connectivity index (χ0v) is 13.7. The molecule has 1 aromatic rings. The van der Waals surface area contributed by atoms with Crippen LogP contribution in [0.15, 0.2) is 22.7 Å². The van der Waals surface area contributed by atoms with Gasteiger partial charge in [-0.05, 0) is 60.3 Å². The van der Waals surface area contributed by atoms with E-state index in [-0.39, 0.29) is 5.41 Å². The van der Waals surface area contributed by atoms with E-state index >= 15 is 0 Å². The molecule has 104 valence electrons. The van der Waals surface area contributed by atoms with Crippen molar-refractivity contribution < 1.29 is 0 Å². The molecule has 1 aliphatic heterocycles. The van der Waals surface area contributed by atoms with E-state index in [1.807, 2.05) is 0 Å². The fourth-order valence-electron chi connectivity index (χ4n) is 3.41. The van der Waals surface area contributed by atoms with Crippen molar-refractivity contribution in [3.05, 3.63) is 33.8 Å². The Bertz CT molecular complexity index is 445. The van der Waals surface area contributed by atoms with Crippen LogP contribution >= 0.6 is 27.7 Å². The summed E-state index contributed by atoms with van der Waals surface area (Å²) >= 11 is 5.90. The predicted molar refractivity (Wildman–Crippen MR) is 88.0 cm³/mol. The Kier molecular flexibility index (Phi) is 4.25. The Labute approximate surface area is 128 Å². The fourth-order valence-corrected chi connectivity index (χ4v) is 5.22. The average molecular weight is 340 g/mol. The van der Waals surface area contributed by atoms with E-state index in [0.717, 1.165) is 12.5 Å². The van der Waals surface area contributed by atoms with Gasteiger partial charge in [-0.15, -0.1) is 0 Å². The lowest BCUT2D eigenvalue weighted by Crippen LogP contribution is -2.41. The minimum atomic E-state index is 0.281. The SMILES string of the molecule is NCC1(c2ccc(C3CCSCC3)c(Br)c2)CCC1. The first-order chi connectivity index (χ1) is 9.25. The molecule has 0 amide bonds. The van der Waals surface area contributed by atoms with E-state index in [2.05, 4.69) is 45.9 Å². The Balaban J connectivity index is 1.85. The maximum absolute atomic E-state index is 6.01. The highest BCUT2D eigenvalue weighted by molar-refractivity contribution is 9.10. The molecule has 0 atom stereocenters. The first-order valence-electron chi connectivity index (χ1n) is 7.33. The molecule has 0 spiro atoms. The van der Waals surface area contributed by atoms with Crippen LogP contribution in [0.3, 0.4) is 0 Å². The average Bonchev–Trinajstić information content (AvgIpc) is 2.39. The number of thioether (sulfide) groups is 1. The molecular formula is C16H22BrNS. The lowest BCUT2D eigenvalue weighted by molar-refractivity contribution is 0.253. The Morgan fingerprint density at radius 2 is 2.00 bits per heavy atom. The number of hydrogen-bond acceptors (Lipinski definition) is 2. The summed E-state index contributed by atoms with van der Waals surface area (Å²) in [4.78, 5) is 0. The van der Waals surface area contributed by atoms with Crippen LogP contribution in [0.4, 0.5) is 0 Å². The monoisotopic (exact) mass is 339 g/mol. The van der Waals surface area contributed by atoms with Crippen LogP contribution in [-0.2, 0) is 5.41 Å². The molecule has 1 saturated carbocycles. The lowest BCUT2D eigenvalue weighted by atomic mass is 9.64. The summed E-state index contributed by atoms with van der Waals surface area (Å²) in [5.74, 6) is 3.37. The number of benzene rings is 1. The fraction of sp³-hybridized carbons (Fsp3) is 0.625. The summed E-state index contributed by atoms with van der Waals surface area (Å²) < 4.78 is 1.31. The smallest absolute Gasteiger partial charge is 0.0213 e. The van der Waals surface area contributed by atoms with Gasteiger partial charge in [0.25, 0.3) is 0 Å². The highest BCUT2D eigenvalue weighted by Crippen LogP contribution is 2.45. The summed E-state index contributed by atoms with van der Waals surface area (Å²) in [7, 11) is 0. The first kappa shape index (κ1) is 14.0. The molecule has 0 aromatic heterocycles. The molecule has 0 bridgehead atoms. The molecule has 0 unspecified atom stereocenters. The molecule has 3 rings (SSSR count). The van der Waals surface area contributed by atoms with Crippen LogP contribution in [-0.4, -0.2) is 18.1 Å². The van der Waals surface area contributed by atoms with Gasteiger partial charge >= 0.3 is 0 Å². The number of rotatable bonds is 3. The normalized spacial score (nSPS) is 23.1. The minimum absolute atomic E-state index is 0.281. The Morgan fingerprint density at radius 3 is 2.53 bits per heavy atom. The van der Waals surface area contributed by atoms with Crippen molar-refractivity contribution in [2.45, 2.75) is 43.4 Å². The first-order valence-corrected chi connectivity index (χ1v) is 9.28. The lowest BCUT2D eigenvalue weighted by Gasteiger charge is -2.42. The van der Waals surface area contributed by atoms with E-state index in [1.54, 1.807) is 0 Å². The second-order valence-corrected chi connectivity index (χ2v) is 8.04. The van der Waals surface area contributed by atoms with Gasteiger partial charge in [0.05, 0.1) is 0 Å². The van der Waals surface area contributed by atoms with E-state index in [4.69, 9.17) is 5.73 Å². The zero-order valence-electron chi connectivity index (χ0n) is 11.3. The van der Waals surface area contributed by atoms with Crippen molar-refractivity contribution in [1.29, 1.82) is 0 Å². The van der Waals surface area contributed by atoms with Crippen LogP contribution < -0.4 is 5.73 Å². The van der Waals surface area contributed by atoms with Gasteiger partial charge in [-0.1, -0.05) is 34.5 Å². The van der Waals surface area contributed by atoms with Gasteiger partial charge in [-0.2, -0.15) is 11.8 Å². The topological polar surface area (TPSA) is 26.0 Å². The minimum Gasteiger partial charge on any atom is -0.330 e. The van der Waals surface area contributed by atoms with Crippen molar-refractivity contribution in [3.63, 3.8) is 0 Å².